The van der Waals surface area contributed by atoms with Gasteiger partial charge < -0.3 is 0 Å². The lowest BCUT2D eigenvalue weighted by Crippen LogP contribution is -2.23. The molecule has 3 aromatic carbocycles. The van der Waals surface area contributed by atoms with Crippen LogP contribution in [0, 0.1) is 13.8 Å². The summed E-state index contributed by atoms with van der Waals surface area (Å²) >= 11 is 1.50. The highest BCUT2D eigenvalue weighted by Gasteiger charge is 2.21. The number of thioether (sulfide) groups is 1. The predicted octanol–water partition coefficient (Wildman–Crippen LogP) is 5.47. The fourth-order valence-electron chi connectivity index (χ4n) is 3.42. The summed E-state index contributed by atoms with van der Waals surface area (Å²) in [7, 11) is 0. The fourth-order valence-corrected chi connectivity index (χ4v) is 4.46. The average Bonchev–Trinajstić information content (AvgIpc) is 3.12. The van der Waals surface area contributed by atoms with Crippen LogP contribution in [0.4, 0.5) is 0 Å². The number of benzene rings is 3. The van der Waals surface area contributed by atoms with Crippen molar-refractivity contribution < 1.29 is 4.79 Å². The zero-order chi connectivity index (χ0) is 22.3. The largest absolute Gasteiger partial charge is 0.271 e. The minimum Gasteiger partial charge on any atom is -0.271 e. The molecule has 4 rings (SSSR count). The number of hydrazone groups is 1. The molecule has 4 aromatic rings. The van der Waals surface area contributed by atoms with Crippen LogP contribution in [0.3, 0.4) is 0 Å². The van der Waals surface area contributed by atoms with E-state index in [4.69, 9.17) is 0 Å². The van der Waals surface area contributed by atoms with Gasteiger partial charge in [0, 0.05) is 10.5 Å². The van der Waals surface area contributed by atoms with Gasteiger partial charge in [-0.1, -0.05) is 66.7 Å². The first-order chi connectivity index (χ1) is 15.6. The summed E-state index contributed by atoms with van der Waals surface area (Å²) in [4.78, 5) is 14.1. The van der Waals surface area contributed by atoms with Gasteiger partial charge in [0.25, 0.3) is 5.91 Å². The van der Waals surface area contributed by atoms with Gasteiger partial charge in [-0.25, -0.2) is 10.1 Å². The van der Waals surface area contributed by atoms with Crippen LogP contribution >= 0.6 is 11.8 Å². The standard InChI is InChI=1S/C26H24N4OS/c1-19-24(20(2)30(29-19)22-14-8-4-9-15-22)18-27-28-26(31)25(21-12-6-3-7-13-21)32-23-16-10-5-11-17-23/h3-18,25H,1-2H3,(H,28,31). The summed E-state index contributed by atoms with van der Waals surface area (Å²) in [6, 6.07) is 29.6. The Hall–Kier alpha value is -3.64. The smallest absolute Gasteiger partial charge is 0.258 e. The lowest BCUT2D eigenvalue weighted by Gasteiger charge is -2.15. The maximum atomic E-state index is 13.1. The number of nitrogens with one attached hydrogen (secondary N) is 1. The molecular weight excluding hydrogens is 416 g/mol. The Morgan fingerprint density at radius 2 is 1.53 bits per heavy atom. The topological polar surface area (TPSA) is 59.3 Å². The van der Waals surface area contributed by atoms with Crippen LogP contribution in [-0.2, 0) is 4.79 Å². The second-order valence-electron chi connectivity index (χ2n) is 7.29. The molecule has 1 heterocycles. The quantitative estimate of drug-likeness (QED) is 0.235. The summed E-state index contributed by atoms with van der Waals surface area (Å²) in [6.45, 7) is 3.93. The molecule has 1 unspecified atom stereocenters. The SMILES string of the molecule is Cc1nn(-c2ccccc2)c(C)c1C=NNC(=O)C(Sc1ccccc1)c1ccccc1. The number of carbonyl (C=O) groups is 1. The molecule has 0 radical (unpaired) electrons. The van der Waals surface area contributed by atoms with E-state index >= 15 is 0 Å². The van der Waals surface area contributed by atoms with Crippen molar-refractivity contribution >= 4 is 23.9 Å². The van der Waals surface area contributed by atoms with Gasteiger partial charge in [-0.05, 0) is 43.7 Å². The molecule has 0 bridgehead atoms. The molecule has 32 heavy (non-hydrogen) atoms. The number of amides is 1. The Morgan fingerprint density at radius 3 is 2.19 bits per heavy atom. The van der Waals surface area contributed by atoms with Crippen LogP contribution in [0.25, 0.3) is 5.69 Å². The third kappa shape index (κ3) is 4.98. The molecule has 1 atom stereocenters. The summed E-state index contributed by atoms with van der Waals surface area (Å²) < 4.78 is 1.89. The summed E-state index contributed by atoms with van der Waals surface area (Å²) in [5.74, 6) is -0.174. The minimum atomic E-state index is -0.412. The van der Waals surface area contributed by atoms with E-state index in [0.29, 0.717) is 0 Å². The van der Waals surface area contributed by atoms with Crippen LogP contribution in [-0.4, -0.2) is 21.9 Å². The van der Waals surface area contributed by atoms with E-state index in [1.807, 2.05) is 110 Å². The molecule has 0 spiro atoms. The Kier molecular flexibility index (Phi) is 6.82. The average molecular weight is 441 g/mol. The zero-order valence-electron chi connectivity index (χ0n) is 18.0. The fraction of sp³-hybridized carbons (Fsp3) is 0.115. The lowest BCUT2D eigenvalue weighted by molar-refractivity contribution is -0.120. The highest BCUT2D eigenvalue weighted by Crippen LogP contribution is 2.35. The van der Waals surface area contributed by atoms with Crippen LogP contribution in [0.1, 0.15) is 27.8 Å². The van der Waals surface area contributed by atoms with Crippen molar-refractivity contribution in [2.75, 3.05) is 0 Å². The monoisotopic (exact) mass is 440 g/mol. The molecule has 0 aliphatic heterocycles. The van der Waals surface area contributed by atoms with Gasteiger partial charge in [-0.3, -0.25) is 4.79 Å². The van der Waals surface area contributed by atoms with Crippen molar-refractivity contribution in [3.8, 4) is 5.69 Å². The lowest BCUT2D eigenvalue weighted by atomic mass is 10.1. The van der Waals surface area contributed by atoms with Crippen molar-refractivity contribution in [3.05, 3.63) is 114 Å². The van der Waals surface area contributed by atoms with Gasteiger partial charge in [0.2, 0.25) is 0 Å². The first-order valence-electron chi connectivity index (χ1n) is 10.3. The van der Waals surface area contributed by atoms with E-state index in [-0.39, 0.29) is 5.91 Å². The van der Waals surface area contributed by atoms with Gasteiger partial charge >= 0.3 is 0 Å². The number of hydrogen-bond acceptors (Lipinski definition) is 4. The normalized spacial score (nSPS) is 12.1. The second-order valence-corrected chi connectivity index (χ2v) is 8.47. The van der Waals surface area contributed by atoms with Crippen LogP contribution < -0.4 is 5.43 Å². The number of carbonyl (C=O) groups excluding carboxylic acids is 1. The van der Waals surface area contributed by atoms with Crippen molar-refractivity contribution in [3.63, 3.8) is 0 Å². The molecule has 160 valence electrons. The molecule has 0 aliphatic carbocycles. The predicted molar refractivity (Wildman–Crippen MR) is 130 cm³/mol. The van der Waals surface area contributed by atoms with Crippen molar-refractivity contribution in [1.82, 2.24) is 15.2 Å². The summed E-state index contributed by atoms with van der Waals surface area (Å²) in [5.41, 5.74) is 7.34. The first-order valence-corrected chi connectivity index (χ1v) is 11.2. The molecule has 0 aliphatic rings. The number of para-hydroxylation sites is 1. The van der Waals surface area contributed by atoms with E-state index in [0.717, 1.165) is 33.1 Å². The van der Waals surface area contributed by atoms with E-state index in [2.05, 4.69) is 15.6 Å². The van der Waals surface area contributed by atoms with E-state index in [1.54, 1.807) is 6.21 Å². The summed E-state index contributed by atoms with van der Waals surface area (Å²) in [5, 5.41) is 8.48. The van der Waals surface area contributed by atoms with Crippen LogP contribution in [0.2, 0.25) is 0 Å². The van der Waals surface area contributed by atoms with E-state index in [9.17, 15) is 4.79 Å². The van der Waals surface area contributed by atoms with Crippen molar-refractivity contribution in [2.45, 2.75) is 24.0 Å². The number of aromatic nitrogens is 2. The molecule has 6 heteroatoms. The van der Waals surface area contributed by atoms with Crippen molar-refractivity contribution in [1.29, 1.82) is 0 Å². The zero-order valence-corrected chi connectivity index (χ0v) is 18.8. The molecule has 0 saturated carbocycles. The van der Waals surface area contributed by atoms with Gasteiger partial charge in [0.1, 0.15) is 5.25 Å². The number of aryl methyl sites for hydroxylation is 1. The van der Waals surface area contributed by atoms with Gasteiger partial charge in [0.15, 0.2) is 0 Å². The number of nitrogens with zero attached hydrogens (tertiary/aromatic N) is 3. The molecule has 5 nitrogen and oxygen atoms in total. The van der Waals surface area contributed by atoms with Crippen LogP contribution in [0.5, 0.6) is 0 Å². The second kappa shape index (κ2) is 10.1. The highest BCUT2D eigenvalue weighted by atomic mass is 32.2. The Bertz CT molecular complexity index is 1200. The molecular formula is C26H24N4OS. The number of rotatable bonds is 7. The van der Waals surface area contributed by atoms with E-state index < -0.39 is 5.25 Å². The molecule has 1 N–H and O–H groups in total. The van der Waals surface area contributed by atoms with E-state index in [1.165, 1.54) is 11.8 Å². The summed E-state index contributed by atoms with van der Waals surface area (Å²) in [6.07, 6.45) is 1.67. The third-order valence-electron chi connectivity index (χ3n) is 5.05. The van der Waals surface area contributed by atoms with Gasteiger partial charge in [-0.2, -0.15) is 10.2 Å². The Labute approximate surface area is 192 Å². The molecule has 0 fully saturated rings. The molecule has 0 saturated heterocycles. The van der Waals surface area contributed by atoms with Crippen LogP contribution in [0.15, 0.2) is 101 Å². The first kappa shape index (κ1) is 21.6. The van der Waals surface area contributed by atoms with Gasteiger partial charge in [0.05, 0.1) is 23.3 Å². The minimum absolute atomic E-state index is 0.174. The third-order valence-corrected chi connectivity index (χ3v) is 6.32. The Morgan fingerprint density at radius 1 is 0.938 bits per heavy atom. The maximum Gasteiger partial charge on any atom is 0.258 e. The highest BCUT2D eigenvalue weighted by molar-refractivity contribution is 8.00. The number of hydrogen-bond donors (Lipinski definition) is 1. The maximum absolute atomic E-state index is 13.1. The van der Waals surface area contributed by atoms with Crippen molar-refractivity contribution in [2.24, 2.45) is 5.10 Å². The Balaban J connectivity index is 1.53. The molecule has 1 aromatic heterocycles. The molecule has 1 amide bonds. The van der Waals surface area contributed by atoms with Gasteiger partial charge in [-0.15, -0.1) is 11.8 Å².